The third kappa shape index (κ3) is 3.07. The zero-order valence-corrected chi connectivity index (χ0v) is 15.9. The molecule has 0 bridgehead atoms. The van der Waals surface area contributed by atoms with Crippen LogP contribution in [0.4, 0.5) is 5.82 Å². The lowest BCUT2D eigenvalue weighted by Crippen LogP contribution is -2.31. The lowest BCUT2D eigenvalue weighted by Gasteiger charge is -2.29. The molecule has 4 rings (SSSR count). The van der Waals surface area contributed by atoms with Gasteiger partial charge in [0.05, 0.1) is 16.6 Å². The first-order valence-corrected chi connectivity index (χ1v) is 9.06. The number of hydrogen-bond donors (Lipinski definition) is 3. The van der Waals surface area contributed by atoms with Crippen LogP contribution in [-0.2, 0) is 0 Å². The molecular formula is C21H23N5O. The minimum Gasteiger partial charge on any atom is -0.367 e. The molecule has 0 aliphatic carbocycles. The number of pyridine rings is 2. The molecule has 0 fully saturated rings. The van der Waals surface area contributed by atoms with E-state index in [4.69, 9.17) is 4.98 Å². The van der Waals surface area contributed by atoms with Gasteiger partial charge in [0.2, 0.25) is 0 Å². The predicted octanol–water partition coefficient (Wildman–Crippen LogP) is 4.31. The SMILES string of the molecule is CC(Nc1nc2cc[nH]c(=O)c2c2cc(-c3ccn[nH]3)ccc12)C(C)(C)C. The highest BCUT2D eigenvalue weighted by Gasteiger charge is 2.22. The van der Waals surface area contributed by atoms with Crippen LogP contribution in [0, 0.1) is 5.41 Å². The summed E-state index contributed by atoms with van der Waals surface area (Å²) in [6.45, 7) is 8.72. The molecule has 0 saturated carbocycles. The first-order chi connectivity index (χ1) is 12.8. The van der Waals surface area contributed by atoms with E-state index >= 15 is 0 Å². The predicted molar refractivity (Wildman–Crippen MR) is 110 cm³/mol. The Balaban J connectivity index is 2.00. The summed E-state index contributed by atoms with van der Waals surface area (Å²) in [7, 11) is 0. The van der Waals surface area contributed by atoms with E-state index in [-0.39, 0.29) is 17.0 Å². The topological polar surface area (TPSA) is 86.5 Å². The molecular weight excluding hydrogens is 338 g/mol. The Morgan fingerprint density at radius 1 is 1.11 bits per heavy atom. The summed E-state index contributed by atoms with van der Waals surface area (Å²) in [5, 5.41) is 13.0. The maximum absolute atomic E-state index is 12.5. The average Bonchev–Trinajstić information content (AvgIpc) is 3.15. The van der Waals surface area contributed by atoms with Gasteiger partial charge in [0.1, 0.15) is 5.82 Å². The van der Waals surface area contributed by atoms with Gasteiger partial charge in [0.15, 0.2) is 0 Å². The largest absolute Gasteiger partial charge is 0.367 e. The Morgan fingerprint density at radius 2 is 1.93 bits per heavy atom. The number of anilines is 1. The minimum absolute atomic E-state index is 0.0764. The monoisotopic (exact) mass is 361 g/mol. The fraction of sp³-hybridized carbons (Fsp3) is 0.286. The van der Waals surface area contributed by atoms with Gasteiger partial charge >= 0.3 is 0 Å². The molecule has 6 nitrogen and oxygen atoms in total. The number of nitrogens with one attached hydrogen (secondary N) is 3. The van der Waals surface area contributed by atoms with Crippen molar-refractivity contribution in [1.82, 2.24) is 20.2 Å². The number of rotatable bonds is 3. The van der Waals surface area contributed by atoms with Gasteiger partial charge < -0.3 is 10.3 Å². The molecule has 3 heterocycles. The molecule has 3 aromatic heterocycles. The fourth-order valence-corrected chi connectivity index (χ4v) is 3.08. The van der Waals surface area contributed by atoms with Crippen molar-refractivity contribution in [1.29, 1.82) is 0 Å². The first kappa shape index (κ1) is 17.3. The summed E-state index contributed by atoms with van der Waals surface area (Å²) in [4.78, 5) is 20.1. The van der Waals surface area contributed by atoms with Crippen LogP contribution in [0.5, 0.6) is 0 Å². The van der Waals surface area contributed by atoms with Gasteiger partial charge in [-0.05, 0) is 36.6 Å². The van der Waals surface area contributed by atoms with E-state index in [9.17, 15) is 4.79 Å². The molecule has 1 aromatic carbocycles. The highest BCUT2D eigenvalue weighted by Crippen LogP contribution is 2.32. The van der Waals surface area contributed by atoms with Crippen LogP contribution in [0.1, 0.15) is 27.7 Å². The molecule has 0 radical (unpaired) electrons. The molecule has 1 unspecified atom stereocenters. The van der Waals surface area contributed by atoms with Crippen molar-refractivity contribution in [3.8, 4) is 11.3 Å². The van der Waals surface area contributed by atoms with Crippen molar-refractivity contribution < 1.29 is 0 Å². The van der Waals surface area contributed by atoms with Crippen LogP contribution >= 0.6 is 0 Å². The smallest absolute Gasteiger partial charge is 0.258 e. The maximum Gasteiger partial charge on any atom is 0.258 e. The van der Waals surface area contributed by atoms with Crippen LogP contribution in [0.15, 0.2) is 47.5 Å². The molecule has 0 amide bonds. The van der Waals surface area contributed by atoms with Crippen molar-refractivity contribution in [2.24, 2.45) is 5.41 Å². The van der Waals surface area contributed by atoms with Crippen LogP contribution in [0.25, 0.3) is 32.9 Å². The number of aromatic nitrogens is 4. The summed E-state index contributed by atoms with van der Waals surface area (Å²) < 4.78 is 0. The van der Waals surface area contributed by atoms with Crippen LogP contribution in [0.3, 0.4) is 0 Å². The van der Waals surface area contributed by atoms with E-state index in [0.29, 0.717) is 10.9 Å². The van der Waals surface area contributed by atoms with E-state index in [0.717, 1.165) is 27.8 Å². The molecule has 6 heteroatoms. The number of aromatic amines is 2. The lowest BCUT2D eigenvalue weighted by molar-refractivity contribution is 0.359. The van der Waals surface area contributed by atoms with Crippen LogP contribution in [0.2, 0.25) is 0 Å². The van der Waals surface area contributed by atoms with Crippen molar-refractivity contribution >= 4 is 27.5 Å². The Morgan fingerprint density at radius 3 is 2.63 bits per heavy atom. The maximum atomic E-state index is 12.5. The van der Waals surface area contributed by atoms with E-state index < -0.39 is 0 Å². The average molecular weight is 361 g/mol. The van der Waals surface area contributed by atoms with Crippen LogP contribution in [-0.4, -0.2) is 26.2 Å². The van der Waals surface area contributed by atoms with Gasteiger partial charge in [-0.15, -0.1) is 0 Å². The quantitative estimate of drug-likeness (QED) is 0.475. The normalized spacial score (nSPS) is 13.2. The minimum atomic E-state index is -0.137. The number of hydrogen-bond acceptors (Lipinski definition) is 4. The zero-order chi connectivity index (χ0) is 19.2. The molecule has 1 atom stereocenters. The summed E-state index contributed by atoms with van der Waals surface area (Å²) >= 11 is 0. The molecule has 0 spiro atoms. The molecule has 0 aliphatic heterocycles. The second-order valence-electron chi connectivity index (χ2n) is 7.99. The third-order valence-corrected chi connectivity index (χ3v) is 5.18. The second-order valence-corrected chi connectivity index (χ2v) is 7.99. The number of fused-ring (bicyclic) bond motifs is 3. The Labute approximate surface area is 157 Å². The molecule has 138 valence electrons. The molecule has 27 heavy (non-hydrogen) atoms. The van der Waals surface area contributed by atoms with E-state index in [1.807, 2.05) is 30.3 Å². The van der Waals surface area contributed by atoms with Gasteiger partial charge in [0.25, 0.3) is 5.56 Å². The van der Waals surface area contributed by atoms with Gasteiger partial charge in [-0.2, -0.15) is 5.10 Å². The third-order valence-electron chi connectivity index (χ3n) is 5.18. The van der Waals surface area contributed by atoms with Gasteiger partial charge in [-0.3, -0.25) is 9.89 Å². The van der Waals surface area contributed by atoms with Crippen molar-refractivity contribution in [2.45, 2.75) is 33.7 Å². The number of benzene rings is 1. The second kappa shape index (κ2) is 6.23. The molecule has 0 saturated heterocycles. The van der Waals surface area contributed by atoms with Gasteiger partial charge in [0, 0.05) is 34.8 Å². The van der Waals surface area contributed by atoms with E-state index in [1.54, 1.807) is 12.4 Å². The Bertz CT molecular complexity index is 1170. The standard InChI is InChI=1S/C21H23N5O/c1-12(21(2,3)4)24-19-14-6-5-13(16-8-10-23-26-16)11-15(14)18-17(25-19)7-9-22-20(18)27/h5-12H,1-4H3,(H,22,27)(H,23,26)(H,24,25). The number of nitrogens with zero attached hydrogens (tertiary/aromatic N) is 2. The fourth-order valence-electron chi connectivity index (χ4n) is 3.08. The molecule has 0 aliphatic rings. The summed E-state index contributed by atoms with van der Waals surface area (Å²) in [5.74, 6) is 0.793. The summed E-state index contributed by atoms with van der Waals surface area (Å²) in [6, 6.07) is 10.0. The Hall–Kier alpha value is -3.15. The zero-order valence-electron chi connectivity index (χ0n) is 15.9. The van der Waals surface area contributed by atoms with Crippen molar-refractivity contribution in [3.05, 3.63) is 53.1 Å². The Kier molecular flexibility index (Phi) is 3.98. The van der Waals surface area contributed by atoms with Crippen molar-refractivity contribution in [2.75, 3.05) is 5.32 Å². The van der Waals surface area contributed by atoms with E-state index in [2.05, 4.69) is 48.2 Å². The lowest BCUT2D eigenvalue weighted by atomic mass is 9.88. The van der Waals surface area contributed by atoms with Crippen LogP contribution < -0.4 is 10.9 Å². The molecule has 4 aromatic rings. The number of H-pyrrole nitrogens is 2. The van der Waals surface area contributed by atoms with Gasteiger partial charge in [-0.1, -0.05) is 26.8 Å². The highest BCUT2D eigenvalue weighted by molar-refractivity contribution is 6.10. The summed E-state index contributed by atoms with van der Waals surface area (Å²) in [5.41, 5.74) is 2.50. The summed E-state index contributed by atoms with van der Waals surface area (Å²) in [6.07, 6.45) is 3.36. The molecule has 3 N–H and O–H groups in total. The van der Waals surface area contributed by atoms with E-state index in [1.165, 1.54) is 0 Å². The first-order valence-electron chi connectivity index (χ1n) is 9.06. The highest BCUT2D eigenvalue weighted by atomic mass is 16.1. The van der Waals surface area contributed by atoms with Gasteiger partial charge in [-0.25, -0.2) is 4.98 Å². The van der Waals surface area contributed by atoms with Crippen molar-refractivity contribution in [3.63, 3.8) is 0 Å².